The number of para-hydroxylation sites is 1. The largest absolute Gasteiger partial charge is 0.485 e. The number of amides is 1. The molecule has 1 amide bonds. The maximum atomic E-state index is 12.9. The van der Waals surface area contributed by atoms with Crippen molar-refractivity contribution >= 4 is 22.4 Å². The maximum Gasteiger partial charge on any atom is 0.261 e. The lowest BCUT2D eigenvalue weighted by atomic mass is 10.1. The lowest BCUT2D eigenvalue weighted by Gasteiger charge is -2.09. The lowest BCUT2D eigenvalue weighted by Crippen LogP contribution is -2.13. The van der Waals surface area contributed by atoms with Crippen LogP contribution in [0.1, 0.15) is 39.6 Å². The summed E-state index contributed by atoms with van der Waals surface area (Å²) in [6, 6.07) is 13.6. The summed E-state index contributed by atoms with van der Waals surface area (Å²) in [7, 11) is 0. The zero-order valence-electron chi connectivity index (χ0n) is 16.9. The molecule has 0 atom stereocenters. The number of benzene rings is 2. The Morgan fingerprint density at radius 2 is 2.03 bits per heavy atom. The number of carbonyl (C=O) groups excluding carboxylic acids is 1. The van der Waals surface area contributed by atoms with Gasteiger partial charge in [0.2, 0.25) is 11.7 Å². The summed E-state index contributed by atoms with van der Waals surface area (Å²) in [4.78, 5) is 21.6. The Hall–Kier alpha value is -3.52. The second kappa shape index (κ2) is 8.31. The van der Waals surface area contributed by atoms with Gasteiger partial charge in [0.1, 0.15) is 5.75 Å². The van der Waals surface area contributed by atoms with E-state index >= 15 is 0 Å². The van der Waals surface area contributed by atoms with Crippen LogP contribution in [-0.4, -0.2) is 21.0 Å². The molecular formula is C23H20N4O3S. The molecule has 7 nitrogen and oxygen atoms in total. The Kier molecular flexibility index (Phi) is 5.21. The molecule has 2 aromatic heterocycles. The molecule has 1 N–H and O–H groups in total. The van der Waals surface area contributed by atoms with Gasteiger partial charge >= 0.3 is 0 Å². The minimum Gasteiger partial charge on any atom is -0.485 e. The minimum atomic E-state index is -0.283. The number of aromatic nitrogens is 3. The Bertz CT molecular complexity index is 1250. The summed E-state index contributed by atoms with van der Waals surface area (Å²) in [5.74, 6) is 1.05. The monoisotopic (exact) mass is 432 g/mol. The summed E-state index contributed by atoms with van der Waals surface area (Å²) in [6.45, 7) is 1.82. The number of rotatable bonds is 6. The fourth-order valence-electron chi connectivity index (χ4n) is 3.68. The van der Waals surface area contributed by atoms with Crippen molar-refractivity contribution in [3.8, 4) is 17.0 Å². The van der Waals surface area contributed by atoms with Crippen LogP contribution in [0.5, 0.6) is 5.75 Å². The van der Waals surface area contributed by atoms with E-state index in [1.54, 1.807) is 25.1 Å². The SMILES string of the molecule is Cc1nc(COc2ccccc2C(=O)Nc2nc(-c3ccc4c(c3)CCC4)cs2)no1. The van der Waals surface area contributed by atoms with Crippen molar-refractivity contribution in [1.29, 1.82) is 0 Å². The van der Waals surface area contributed by atoms with Crippen LogP contribution in [0.4, 0.5) is 5.13 Å². The molecule has 2 heterocycles. The summed E-state index contributed by atoms with van der Waals surface area (Å²) in [5, 5.41) is 9.20. The molecule has 156 valence electrons. The van der Waals surface area contributed by atoms with Crippen LogP contribution in [0, 0.1) is 6.92 Å². The van der Waals surface area contributed by atoms with Crippen molar-refractivity contribution in [3.63, 3.8) is 0 Å². The Morgan fingerprint density at radius 3 is 2.90 bits per heavy atom. The van der Waals surface area contributed by atoms with Gasteiger partial charge in [-0.3, -0.25) is 10.1 Å². The van der Waals surface area contributed by atoms with Crippen LogP contribution in [0.15, 0.2) is 52.4 Å². The summed E-state index contributed by atoms with van der Waals surface area (Å²) >= 11 is 1.40. The van der Waals surface area contributed by atoms with Crippen molar-refractivity contribution in [2.24, 2.45) is 0 Å². The van der Waals surface area contributed by atoms with Gasteiger partial charge < -0.3 is 9.26 Å². The van der Waals surface area contributed by atoms with Crippen LogP contribution < -0.4 is 10.1 Å². The summed E-state index contributed by atoms with van der Waals surface area (Å²) in [6.07, 6.45) is 3.49. The molecule has 4 aromatic rings. The Morgan fingerprint density at radius 1 is 1.16 bits per heavy atom. The second-order valence-electron chi connectivity index (χ2n) is 7.34. The number of carbonyl (C=O) groups is 1. The number of nitrogens with zero attached hydrogens (tertiary/aromatic N) is 3. The zero-order valence-corrected chi connectivity index (χ0v) is 17.7. The van der Waals surface area contributed by atoms with Crippen molar-refractivity contribution < 1.29 is 14.1 Å². The summed E-state index contributed by atoms with van der Waals surface area (Å²) in [5.41, 5.74) is 5.19. The standard InChI is InChI=1S/C23H20N4O3S/c1-14-24-21(27-30-14)12-29-20-8-3-2-7-18(20)22(28)26-23-25-19(13-31-23)17-10-9-15-5-4-6-16(15)11-17/h2-3,7-11,13H,4-6,12H2,1H3,(H,25,26,28). The van der Waals surface area contributed by atoms with Gasteiger partial charge in [0.25, 0.3) is 5.91 Å². The third-order valence-electron chi connectivity index (χ3n) is 5.18. The zero-order chi connectivity index (χ0) is 21.2. The van der Waals surface area contributed by atoms with Crippen LogP contribution in [-0.2, 0) is 19.4 Å². The van der Waals surface area contributed by atoms with Crippen LogP contribution >= 0.6 is 11.3 Å². The van der Waals surface area contributed by atoms with E-state index in [4.69, 9.17) is 9.26 Å². The highest BCUT2D eigenvalue weighted by atomic mass is 32.1. The average molecular weight is 433 g/mol. The molecular weight excluding hydrogens is 412 g/mol. The van der Waals surface area contributed by atoms with Crippen LogP contribution in [0.25, 0.3) is 11.3 Å². The van der Waals surface area contributed by atoms with Crippen LogP contribution in [0.2, 0.25) is 0 Å². The highest BCUT2D eigenvalue weighted by Gasteiger charge is 2.16. The molecule has 31 heavy (non-hydrogen) atoms. The molecule has 0 fully saturated rings. The van der Waals surface area contributed by atoms with E-state index in [-0.39, 0.29) is 12.5 Å². The van der Waals surface area contributed by atoms with Crippen molar-refractivity contribution in [3.05, 3.63) is 76.3 Å². The highest BCUT2D eigenvalue weighted by molar-refractivity contribution is 7.14. The first-order valence-electron chi connectivity index (χ1n) is 10.1. The second-order valence-corrected chi connectivity index (χ2v) is 8.20. The Labute approximate surface area is 183 Å². The predicted octanol–water partition coefficient (Wildman–Crippen LogP) is 4.82. The number of hydrogen-bond donors (Lipinski definition) is 1. The molecule has 5 rings (SSSR count). The smallest absolute Gasteiger partial charge is 0.261 e. The maximum absolute atomic E-state index is 12.9. The van der Waals surface area contributed by atoms with Crippen molar-refractivity contribution in [2.75, 3.05) is 5.32 Å². The van der Waals surface area contributed by atoms with Gasteiger partial charge in [0.15, 0.2) is 11.7 Å². The topological polar surface area (TPSA) is 90.1 Å². The first kappa shape index (κ1) is 19.4. The third kappa shape index (κ3) is 4.20. The van der Waals surface area contributed by atoms with E-state index in [9.17, 15) is 4.79 Å². The molecule has 0 saturated heterocycles. The number of anilines is 1. The normalized spacial score (nSPS) is 12.5. The Balaban J connectivity index is 1.30. The quantitative estimate of drug-likeness (QED) is 0.470. The molecule has 1 aliphatic carbocycles. The molecule has 0 radical (unpaired) electrons. The van der Waals surface area contributed by atoms with Gasteiger partial charge in [-0.1, -0.05) is 29.4 Å². The fraction of sp³-hybridized carbons (Fsp3) is 0.217. The van der Waals surface area contributed by atoms with E-state index in [1.807, 2.05) is 11.4 Å². The summed E-state index contributed by atoms with van der Waals surface area (Å²) < 4.78 is 10.7. The molecule has 8 heteroatoms. The van der Waals surface area contributed by atoms with E-state index < -0.39 is 0 Å². The molecule has 0 spiro atoms. The van der Waals surface area contributed by atoms with Gasteiger partial charge in [0, 0.05) is 17.9 Å². The number of ether oxygens (including phenoxy) is 1. The van der Waals surface area contributed by atoms with Gasteiger partial charge in [-0.05, 0) is 48.6 Å². The average Bonchev–Trinajstić information content (AvgIpc) is 3.53. The molecule has 2 aromatic carbocycles. The molecule has 0 unspecified atom stereocenters. The minimum absolute atomic E-state index is 0.112. The number of fused-ring (bicyclic) bond motifs is 1. The van der Waals surface area contributed by atoms with E-state index in [2.05, 4.69) is 38.6 Å². The molecule has 1 aliphatic rings. The fourth-order valence-corrected chi connectivity index (χ4v) is 4.40. The lowest BCUT2D eigenvalue weighted by molar-refractivity contribution is 0.102. The van der Waals surface area contributed by atoms with Gasteiger partial charge in [0.05, 0.1) is 11.3 Å². The van der Waals surface area contributed by atoms with Gasteiger partial charge in [-0.25, -0.2) is 4.98 Å². The first-order chi connectivity index (χ1) is 15.2. The van der Waals surface area contributed by atoms with E-state index in [0.29, 0.717) is 28.2 Å². The first-order valence-corrected chi connectivity index (χ1v) is 10.9. The van der Waals surface area contributed by atoms with E-state index in [0.717, 1.165) is 24.1 Å². The number of thiazole rings is 1. The predicted molar refractivity (Wildman–Crippen MR) is 117 cm³/mol. The van der Waals surface area contributed by atoms with Gasteiger partial charge in [-0.2, -0.15) is 4.98 Å². The van der Waals surface area contributed by atoms with Crippen LogP contribution in [0.3, 0.4) is 0 Å². The van der Waals surface area contributed by atoms with E-state index in [1.165, 1.54) is 28.9 Å². The number of hydrogen-bond acceptors (Lipinski definition) is 7. The van der Waals surface area contributed by atoms with Crippen molar-refractivity contribution in [1.82, 2.24) is 15.1 Å². The number of nitrogens with one attached hydrogen (secondary N) is 1. The highest BCUT2D eigenvalue weighted by Crippen LogP contribution is 2.30. The third-order valence-corrected chi connectivity index (χ3v) is 5.93. The molecule has 0 bridgehead atoms. The van der Waals surface area contributed by atoms with Gasteiger partial charge in [-0.15, -0.1) is 11.3 Å². The number of aryl methyl sites for hydroxylation is 3. The molecule has 0 aliphatic heterocycles. The van der Waals surface area contributed by atoms with Crippen molar-refractivity contribution in [2.45, 2.75) is 32.8 Å². The molecule has 0 saturated carbocycles.